The predicted molar refractivity (Wildman–Crippen MR) is 113 cm³/mol. The molecule has 0 atom stereocenters. The number of hydrogen-bond donors (Lipinski definition) is 2. The molecule has 2 N–H and O–H groups in total. The van der Waals surface area contributed by atoms with Gasteiger partial charge in [0.25, 0.3) is 0 Å². The Morgan fingerprint density at radius 1 is 1.33 bits per heavy atom. The van der Waals surface area contributed by atoms with Gasteiger partial charge >= 0.3 is 0 Å². The van der Waals surface area contributed by atoms with Crippen molar-refractivity contribution >= 4 is 41.7 Å². The van der Waals surface area contributed by atoms with Crippen LogP contribution in [0.1, 0.15) is 19.4 Å². The van der Waals surface area contributed by atoms with Crippen LogP contribution in [0.2, 0.25) is 0 Å². The van der Waals surface area contributed by atoms with Crippen LogP contribution in [0, 0.1) is 0 Å². The molecule has 138 valence electrons. The van der Waals surface area contributed by atoms with Crippen LogP contribution < -0.4 is 15.4 Å². The molecule has 0 bridgehead atoms. The summed E-state index contributed by atoms with van der Waals surface area (Å²) in [6.45, 7) is 6.83. The minimum Gasteiger partial charge on any atom is -0.475 e. The van der Waals surface area contributed by atoms with Gasteiger partial charge in [-0.15, -0.1) is 24.0 Å². The van der Waals surface area contributed by atoms with Crippen LogP contribution in [0.15, 0.2) is 23.3 Å². The van der Waals surface area contributed by atoms with Gasteiger partial charge in [-0.25, -0.2) is 4.98 Å². The molecule has 0 aromatic carbocycles. The first kappa shape index (κ1) is 23.3. The Kier molecular flexibility index (Phi) is 12.2. The maximum atomic E-state index is 5.64. The van der Waals surface area contributed by atoms with E-state index in [9.17, 15) is 0 Å². The van der Waals surface area contributed by atoms with Crippen LogP contribution in [0.3, 0.4) is 0 Å². The molecule has 0 aliphatic heterocycles. The van der Waals surface area contributed by atoms with Crippen LogP contribution in [-0.4, -0.2) is 55.9 Å². The number of aromatic nitrogens is 1. The van der Waals surface area contributed by atoms with Crippen molar-refractivity contribution < 1.29 is 9.47 Å². The Morgan fingerprint density at radius 2 is 2.08 bits per heavy atom. The highest BCUT2D eigenvalue weighted by Gasteiger charge is 2.16. The summed E-state index contributed by atoms with van der Waals surface area (Å²) in [5.41, 5.74) is 0.982. The normalized spacial score (nSPS) is 11.6. The number of halogens is 1. The first-order valence-corrected chi connectivity index (χ1v) is 8.80. The molecule has 24 heavy (non-hydrogen) atoms. The maximum absolute atomic E-state index is 5.64. The lowest BCUT2D eigenvalue weighted by Crippen LogP contribution is -2.43. The molecule has 0 unspecified atom stereocenters. The summed E-state index contributed by atoms with van der Waals surface area (Å²) in [7, 11) is 3.41. The third kappa shape index (κ3) is 8.93. The van der Waals surface area contributed by atoms with E-state index in [0.717, 1.165) is 18.1 Å². The van der Waals surface area contributed by atoms with E-state index in [4.69, 9.17) is 9.47 Å². The van der Waals surface area contributed by atoms with Crippen LogP contribution in [0.5, 0.6) is 5.88 Å². The molecule has 0 aliphatic rings. The summed E-state index contributed by atoms with van der Waals surface area (Å²) in [6.07, 6.45) is 3.83. The second-order valence-corrected chi connectivity index (χ2v) is 7.07. The van der Waals surface area contributed by atoms with E-state index >= 15 is 0 Å². The van der Waals surface area contributed by atoms with E-state index in [2.05, 4.69) is 40.7 Å². The van der Waals surface area contributed by atoms with Gasteiger partial charge in [0.05, 0.1) is 6.61 Å². The van der Waals surface area contributed by atoms with Crippen LogP contribution in [0.25, 0.3) is 0 Å². The van der Waals surface area contributed by atoms with E-state index in [-0.39, 0.29) is 28.7 Å². The van der Waals surface area contributed by atoms with Crippen molar-refractivity contribution in [1.82, 2.24) is 15.6 Å². The van der Waals surface area contributed by atoms with E-state index < -0.39 is 0 Å². The second-order valence-electron chi connectivity index (χ2n) is 5.55. The number of rotatable bonds is 9. The van der Waals surface area contributed by atoms with Crippen molar-refractivity contribution in [2.45, 2.75) is 25.1 Å². The second kappa shape index (κ2) is 12.6. The van der Waals surface area contributed by atoms with E-state index in [1.165, 1.54) is 0 Å². The van der Waals surface area contributed by atoms with Crippen molar-refractivity contribution in [2.24, 2.45) is 4.99 Å². The zero-order valence-electron chi connectivity index (χ0n) is 15.1. The molecule has 0 amide bonds. The molecule has 0 radical (unpaired) electrons. The Labute approximate surface area is 166 Å². The lowest BCUT2D eigenvalue weighted by Gasteiger charge is -2.23. The molecule has 1 rings (SSSR count). The molecular weight excluding hydrogens is 439 g/mol. The van der Waals surface area contributed by atoms with Gasteiger partial charge in [-0.2, -0.15) is 11.8 Å². The molecule has 1 heterocycles. The Hall–Kier alpha value is -0.740. The van der Waals surface area contributed by atoms with Crippen molar-refractivity contribution in [3.05, 3.63) is 23.9 Å². The number of aliphatic imine (C=N–C) groups is 1. The van der Waals surface area contributed by atoms with Crippen molar-refractivity contribution in [3.8, 4) is 5.88 Å². The van der Waals surface area contributed by atoms with Gasteiger partial charge in [-0.3, -0.25) is 4.99 Å². The zero-order chi connectivity index (χ0) is 17.1. The summed E-state index contributed by atoms with van der Waals surface area (Å²) in [5.74, 6) is 1.38. The molecule has 0 saturated carbocycles. The minimum atomic E-state index is 0. The molecule has 8 heteroatoms. The van der Waals surface area contributed by atoms with Crippen LogP contribution >= 0.6 is 35.7 Å². The lowest BCUT2D eigenvalue weighted by atomic mass is 10.2. The summed E-state index contributed by atoms with van der Waals surface area (Å²) in [6, 6.07) is 3.88. The smallest absolute Gasteiger partial charge is 0.218 e. The van der Waals surface area contributed by atoms with Gasteiger partial charge in [-0.05, 0) is 26.2 Å². The predicted octanol–water partition coefficient (Wildman–Crippen LogP) is 2.53. The average Bonchev–Trinajstić information content (AvgIpc) is 2.56. The molecule has 0 saturated heterocycles. The topological polar surface area (TPSA) is 67.8 Å². The Bertz CT molecular complexity index is 501. The first-order valence-electron chi connectivity index (χ1n) is 7.57. The van der Waals surface area contributed by atoms with E-state index in [1.54, 1.807) is 20.4 Å². The van der Waals surface area contributed by atoms with E-state index in [0.29, 0.717) is 25.6 Å². The summed E-state index contributed by atoms with van der Waals surface area (Å²) in [5, 5.41) is 6.63. The highest BCUT2D eigenvalue weighted by atomic mass is 127. The molecule has 6 nitrogen and oxygen atoms in total. The molecule has 1 aromatic rings. The van der Waals surface area contributed by atoms with Gasteiger partial charge in [0.2, 0.25) is 5.88 Å². The highest BCUT2D eigenvalue weighted by molar-refractivity contribution is 14.0. The SMILES string of the molecule is CN=C(NCc1cccnc1OCCOC)NCC(C)(C)SC.I. The van der Waals surface area contributed by atoms with Crippen molar-refractivity contribution in [1.29, 1.82) is 0 Å². The number of nitrogens with one attached hydrogen (secondary N) is 2. The van der Waals surface area contributed by atoms with Gasteiger partial charge in [-0.1, -0.05) is 6.07 Å². The van der Waals surface area contributed by atoms with Crippen molar-refractivity contribution in [2.75, 3.05) is 40.2 Å². The fourth-order valence-corrected chi connectivity index (χ4v) is 1.90. The number of methoxy groups -OCH3 is 1. The number of pyridine rings is 1. The number of hydrogen-bond acceptors (Lipinski definition) is 5. The zero-order valence-corrected chi connectivity index (χ0v) is 18.2. The van der Waals surface area contributed by atoms with Crippen LogP contribution in [-0.2, 0) is 11.3 Å². The number of guanidine groups is 1. The number of thioether (sulfide) groups is 1. The summed E-state index contributed by atoms with van der Waals surface area (Å²) in [4.78, 5) is 8.52. The lowest BCUT2D eigenvalue weighted by molar-refractivity contribution is 0.143. The standard InChI is InChI=1S/C16H28N4O2S.HI/c1-16(2,23-5)12-20-15(17-3)19-11-13-7-6-8-18-14(13)22-10-9-21-4;/h6-8H,9-12H2,1-5H3,(H2,17,19,20);1H. The molecule has 0 aliphatic carbocycles. The first-order chi connectivity index (χ1) is 11.0. The van der Waals surface area contributed by atoms with Crippen molar-refractivity contribution in [3.63, 3.8) is 0 Å². The fraction of sp³-hybridized carbons (Fsp3) is 0.625. The molecule has 1 aromatic heterocycles. The summed E-state index contributed by atoms with van der Waals surface area (Å²) >= 11 is 1.82. The average molecular weight is 468 g/mol. The molecular formula is C16H29IN4O2S. The largest absolute Gasteiger partial charge is 0.475 e. The van der Waals surface area contributed by atoms with Gasteiger partial charge in [0.15, 0.2) is 5.96 Å². The summed E-state index contributed by atoms with van der Waals surface area (Å²) < 4.78 is 10.8. The number of ether oxygens (including phenoxy) is 2. The van der Waals surface area contributed by atoms with E-state index in [1.807, 2.05) is 23.9 Å². The molecule has 0 fully saturated rings. The quantitative estimate of drug-likeness (QED) is 0.251. The highest BCUT2D eigenvalue weighted by Crippen LogP contribution is 2.19. The Balaban J connectivity index is 0.00000529. The monoisotopic (exact) mass is 468 g/mol. The van der Waals surface area contributed by atoms with Crippen LogP contribution in [0.4, 0.5) is 0 Å². The third-order valence-electron chi connectivity index (χ3n) is 3.28. The minimum absolute atomic E-state index is 0. The van der Waals surface area contributed by atoms with Gasteiger partial charge in [0, 0.05) is 43.8 Å². The van der Waals surface area contributed by atoms with Gasteiger partial charge in [0.1, 0.15) is 6.61 Å². The third-order valence-corrected chi connectivity index (χ3v) is 4.53. The molecule has 0 spiro atoms. The fourth-order valence-electron chi connectivity index (χ4n) is 1.68. The van der Waals surface area contributed by atoms with Gasteiger partial charge < -0.3 is 20.1 Å². The number of nitrogens with zero attached hydrogens (tertiary/aromatic N) is 2. The Morgan fingerprint density at radius 3 is 2.71 bits per heavy atom. The maximum Gasteiger partial charge on any atom is 0.218 e.